The summed E-state index contributed by atoms with van der Waals surface area (Å²) in [6, 6.07) is 0. The molecule has 0 aromatic heterocycles. The first-order valence-corrected chi connectivity index (χ1v) is 16.6. The predicted octanol–water partition coefficient (Wildman–Crippen LogP) is 5.66. The summed E-state index contributed by atoms with van der Waals surface area (Å²) < 4.78 is 33.2. The Morgan fingerprint density at radius 1 is 0.737 bits per heavy atom. The van der Waals surface area contributed by atoms with Crippen LogP contribution in [0, 0.1) is 0 Å². The number of hydrogen-bond acceptors (Lipinski definition) is 8. The summed E-state index contributed by atoms with van der Waals surface area (Å²) in [5.41, 5.74) is 0. The number of phosphoric acid groups is 1. The Labute approximate surface area is 231 Å². The number of rotatable bonds is 25. The van der Waals surface area contributed by atoms with E-state index >= 15 is 0 Å². The molecule has 0 aromatic rings. The van der Waals surface area contributed by atoms with E-state index in [1.54, 1.807) is 0 Å². The van der Waals surface area contributed by atoms with E-state index < -0.39 is 38.3 Å². The van der Waals surface area contributed by atoms with Crippen LogP contribution in [0.2, 0.25) is 0 Å². The summed E-state index contributed by atoms with van der Waals surface area (Å²) in [6.45, 7) is 2.88. The first-order chi connectivity index (χ1) is 18.3. The molecule has 1 rings (SSSR count). The minimum atomic E-state index is -4.48. The van der Waals surface area contributed by atoms with Crippen molar-refractivity contribution in [3.63, 3.8) is 0 Å². The van der Waals surface area contributed by atoms with Crippen LogP contribution in [0.5, 0.6) is 0 Å². The second-order valence-electron chi connectivity index (χ2n) is 10.8. The van der Waals surface area contributed by atoms with Crippen LogP contribution in [0.1, 0.15) is 122 Å². The van der Waals surface area contributed by atoms with Crippen LogP contribution >= 0.6 is 7.82 Å². The van der Waals surface area contributed by atoms with Gasteiger partial charge in [-0.2, -0.15) is 0 Å². The number of unbranched alkanes of at least 4 members (excludes halogenated alkanes) is 15. The average Bonchev–Trinajstić information content (AvgIpc) is 2.90. The SMILES string of the molecule is CCCCCCCCCCCCCCCCCCOCC(COP(=O)(O)OC1CCC(O)C(O)C1O)OC. The lowest BCUT2D eigenvalue weighted by Crippen LogP contribution is -2.49. The Morgan fingerprint density at radius 3 is 1.74 bits per heavy atom. The highest BCUT2D eigenvalue weighted by Crippen LogP contribution is 2.47. The van der Waals surface area contributed by atoms with Crippen molar-refractivity contribution in [3.05, 3.63) is 0 Å². The molecule has 1 aliphatic rings. The number of aliphatic hydroxyl groups excluding tert-OH is 3. The van der Waals surface area contributed by atoms with Gasteiger partial charge in [-0.1, -0.05) is 103 Å². The molecule has 228 valence electrons. The van der Waals surface area contributed by atoms with Gasteiger partial charge in [0, 0.05) is 13.7 Å². The van der Waals surface area contributed by atoms with Crippen LogP contribution in [0.15, 0.2) is 0 Å². The highest BCUT2D eigenvalue weighted by Gasteiger charge is 2.41. The van der Waals surface area contributed by atoms with E-state index in [2.05, 4.69) is 6.92 Å². The number of hydrogen-bond donors (Lipinski definition) is 4. The smallest absolute Gasteiger partial charge is 0.390 e. The fourth-order valence-corrected chi connectivity index (χ4v) is 5.76. The normalized spacial score (nSPS) is 24.4. The maximum absolute atomic E-state index is 12.2. The van der Waals surface area contributed by atoms with Gasteiger partial charge in [0.1, 0.15) is 18.3 Å². The third-order valence-corrected chi connectivity index (χ3v) is 8.36. The van der Waals surface area contributed by atoms with Gasteiger partial charge >= 0.3 is 7.82 Å². The Kier molecular flexibility index (Phi) is 21.4. The van der Waals surface area contributed by atoms with Gasteiger partial charge < -0.3 is 29.7 Å². The summed E-state index contributed by atoms with van der Waals surface area (Å²) in [4.78, 5) is 9.97. The quantitative estimate of drug-likeness (QED) is 0.0813. The van der Waals surface area contributed by atoms with Gasteiger partial charge in [0.15, 0.2) is 0 Å². The summed E-state index contributed by atoms with van der Waals surface area (Å²) in [7, 11) is -3.01. The Balaban J connectivity index is 1.96. The van der Waals surface area contributed by atoms with Crippen LogP contribution < -0.4 is 0 Å². The molecule has 4 N–H and O–H groups in total. The lowest BCUT2D eigenvalue weighted by molar-refractivity contribution is -0.133. The third kappa shape index (κ3) is 17.6. The Hall–Kier alpha value is -0.0900. The highest BCUT2D eigenvalue weighted by atomic mass is 31.2. The van der Waals surface area contributed by atoms with Crippen LogP contribution in [-0.2, 0) is 23.1 Å². The van der Waals surface area contributed by atoms with Crippen molar-refractivity contribution in [1.29, 1.82) is 0 Å². The molecule has 0 bridgehead atoms. The molecule has 1 aliphatic carbocycles. The number of ether oxygens (including phenoxy) is 2. The van der Waals surface area contributed by atoms with Crippen LogP contribution in [0.4, 0.5) is 0 Å². The molecule has 6 unspecified atom stereocenters. The van der Waals surface area contributed by atoms with E-state index in [-0.39, 0.29) is 26.1 Å². The van der Waals surface area contributed by atoms with Crippen molar-refractivity contribution >= 4 is 7.82 Å². The van der Waals surface area contributed by atoms with Gasteiger partial charge in [0.2, 0.25) is 0 Å². The molecule has 10 heteroatoms. The minimum Gasteiger partial charge on any atom is -0.390 e. The van der Waals surface area contributed by atoms with Crippen LogP contribution in [-0.4, -0.2) is 77.7 Å². The largest absolute Gasteiger partial charge is 0.472 e. The zero-order valence-electron chi connectivity index (χ0n) is 24.0. The maximum atomic E-state index is 12.2. The zero-order chi connectivity index (χ0) is 28.1. The van der Waals surface area contributed by atoms with E-state index in [1.165, 1.54) is 97.0 Å². The van der Waals surface area contributed by atoms with E-state index in [4.69, 9.17) is 18.5 Å². The molecule has 1 saturated carbocycles. The van der Waals surface area contributed by atoms with Crippen molar-refractivity contribution in [2.75, 3.05) is 26.9 Å². The molecule has 0 spiro atoms. The van der Waals surface area contributed by atoms with Gasteiger partial charge in [-0.25, -0.2) is 4.57 Å². The van der Waals surface area contributed by atoms with Gasteiger partial charge in [-0.15, -0.1) is 0 Å². The molecule has 1 fully saturated rings. The fraction of sp³-hybridized carbons (Fsp3) is 1.00. The fourth-order valence-electron chi connectivity index (χ4n) is 4.77. The molecular weight excluding hydrogens is 511 g/mol. The molecule has 0 heterocycles. The predicted molar refractivity (Wildman–Crippen MR) is 149 cm³/mol. The Bertz CT molecular complexity index is 595. The molecule has 0 radical (unpaired) electrons. The summed E-state index contributed by atoms with van der Waals surface area (Å²) in [6.07, 6.45) is 15.7. The second-order valence-corrected chi connectivity index (χ2v) is 12.2. The molecule has 9 nitrogen and oxygen atoms in total. The lowest BCUT2D eigenvalue weighted by atomic mass is 9.90. The van der Waals surface area contributed by atoms with Crippen LogP contribution in [0.25, 0.3) is 0 Å². The van der Waals surface area contributed by atoms with E-state index in [0.29, 0.717) is 6.61 Å². The van der Waals surface area contributed by atoms with Crippen molar-refractivity contribution in [3.8, 4) is 0 Å². The molecule has 6 atom stereocenters. The highest BCUT2D eigenvalue weighted by molar-refractivity contribution is 7.47. The summed E-state index contributed by atoms with van der Waals surface area (Å²) in [5, 5.41) is 29.2. The van der Waals surface area contributed by atoms with E-state index in [0.717, 1.165) is 12.8 Å². The lowest BCUT2D eigenvalue weighted by Gasteiger charge is -2.35. The van der Waals surface area contributed by atoms with Gasteiger partial charge in [0.25, 0.3) is 0 Å². The molecule has 38 heavy (non-hydrogen) atoms. The van der Waals surface area contributed by atoms with Crippen molar-refractivity contribution < 1.29 is 43.3 Å². The van der Waals surface area contributed by atoms with Gasteiger partial charge in [0.05, 0.1) is 25.4 Å². The van der Waals surface area contributed by atoms with Crippen molar-refractivity contribution in [2.45, 2.75) is 153 Å². The second kappa shape index (κ2) is 22.6. The van der Waals surface area contributed by atoms with Crippen molar-refractivity contribution in [1.82, 2.24) is 0 Å². The topological polar surface area (TPSA) is 135 Å². The minimum absolute atomic E-state index is 0.128. The van der Waals surface area contributed by atoms with E-state index in [9.17, 15) is 24.8 Å². The van der Waals surface area contributed by atoms with Gasteiger partial charge in [-0.3, -0.25) is 9.05 Å². The summed E-state index contributed by atoms with van der Waals surface area (Å²) in [5.74, 6) is 0. The van der Waals surface area contributed by atoms with Crippen molar-refractivity contribution in [2.24, 2.45) is 0 Å². The molecule has 0 aliphatic heterocycles. The monoisotopic (exact) mass is 568 g/mol. The summed E-state index contributed by atoms with van der Waals surface area (Å²) >= 11 is 0. The number of phosphoric ester groups is 1. The number of aliphatic hydroxyl groups is 3. The molecule has 0 aromatic carbocycles. The Morgan fingerprint density at radius 2 is 1.24 bits per heavy atom. The van der Waals surface area contributed by atoms with Gasteiger partial charge in [-0.05, 0) is 19.3 Å². The first-order valence-electron chi connectivity index (χ1n) is 15.1. The zero-order valence-corrected chi connectivity index (χ0v) is 24.9. The first kappa shape index (κ1) is 35.9. The maximum Gasteiger partial charge on any atom is 0.472 e. The molecule has 0 saturated heterocycles. The number of methoxy groups -OCH3 is 1. The molecular formula is C28H57O9P. The molecule has 0 amide bonds. The average molecular weight is 569 g/mol. The van der Waals surface area contributed by atoms with E-state index in [1.807, 2.05) is 0 Å². The van der Waals surface area contributed by atoms with Crippen LogP contribution in [0.3, 0.4) is 0 Å². The third-order valence-electron chi connectivity index (χ3n) is 7.34. The standard InChI is InChI=1S/C28H57O9P/c1-3-4-5-6-7-8-9-10-11-12-13-14-15-16-17-18-21-35-22-24(34-2)23-36-38(32,33)37-26-20-19-25(29)27(30)28(26)31/h24-31H,3-23H2,1-2H3,(H,32,33).